The van der Waals surface area contributed by atoms with E-state index in [1.54, 1.807) is 13.0 Å². The number of aromatic nitrogens is 4. The van der Waals surface area contributed by atoms with E-state index < -0.39 is 57.6 Å². The lowest BCUT2D eigenvalue weighted by atomic mass is 10.1. The molecule has 2 aromatic heterocycles. The van der Waals surface area contributed by atoms with E-state index in [1.807, 2.05) is 4.90 Å². The summed E-state index contributed by atoms with van der Waals surface area (Å²) in [6.07, 6.45) is -2.16. The molecule has 5 rings (SSSR count). The van der Waals surface area contributed by atoms with Gasteiger partial charge in [-0.2, -0.15) is 17.5 Å². The summed E-state index contributed by atoms with van der Waals surface area (Å²) >= 11 is 6.41. The van der Waals surface area contributed by atoms with Gasteiger partial charge in [0.15, 0.2) is 0 Å². The number of benzene rings is 1. The predicted molar refractivity (Wildman–Crippen MR) is 148 cm³/mol. The van der Waals surface area contributed by atoms with Crippen molar-refractivity contribution in [2.45, 2.75) is 50.3 Å². The van der Waals surface area contributed by atoms with Gasteiger partial charge in [0.05, 0.1) is 22.9 Å². The second kappa shape index (κ2) is 11.5. The Kier molecular flexibility index (Phi) is 8.45. The van der Waals surface area contributed by atoms with E-state index >= 15 is 4.39 Å². The van der Waals surface area contributed by atoms with Crippen LogP contribution in [0.15, 0.2) is 30.9 Å². The number of sulfonamides is 1. The van der Waals surface area contributed by atoms with Crippen LogP contribution in [0.5, 0.6) is 0 Å². The van der Waals surface area contributed by atoms with Gasteiger partial charge in [0.25, 0.3) is 0 Å². The summed E-state index contributed by atoms with van der Waals surface area (Å²) in [5.41, 5.74) is -2.50. The highest BCUT2D eigenvalue weighted by Crippen LogP contribution is 2.37. The number of hydrogen-bond donors (Lipinski definition) is 2. The summed E-state index contributed by atoms with van der Waals surface area (Å²) in [5.74, 6) is -1.04. The number of nitrogens with zero attached hydrogens (tertiary/aromatic N) is 6. The average molecular weight is 650 g/mol. The normalized spacial score (nSPS) is 24.0. The predicted octanol–water partition coefficient (Wildman–Crippen LogP) is 3.88. The molecule has 2 fully saturated rings. The number of nitrogens with one attached hydrogen (secondary N) is 1. The molecule has 3 aromatic rings. The van der Waals surface area contributed by atoms with Crippen LogP contribution in [0, 0.1) is 5.82 Å². The highest BCUT2D eigenvalue weighted by atomic mass is 35.5. The maximum atomic E-state index is 15.3. The Morgan fingerprint density at radius 3 is 2.58 bits per heavy atom. The first-order valence-electron chi connectivity index (χ1n) is 13.3. The van der Waals surface area contributed by atoms with E-state index in [1.165, 1.54) is 6.07 Å². The fourth-order valence-corrected chi connectivity index (χ4v) is 6.49. The van der Waals surface area contributed by atoms with E-state index in [9.17, 15) is 31.1 Å². The van der Waals surface area contributed by atoms with Crippen molar-refractivity contribution >= 4 is 27.6 Å². The molecule has 0 amide bonds. The summed E-state index contributed by atoms with van der Waals surface area (Å²) in [5, 5.41) is 12.9. The van der Waals surface area contributed by atoms with Crippen LogP contribution in [-0.2, 0) is 22.7 Å². The third-order valence-corrected chi connectivity index (χ3v) is 9.04. The van der Waals surface area contributed by atoms with E-state index in [0.29, 0.717) is 37.8 Å². The van der Waals surface area contributed by atoms with Crippen LogP contribution in [0.25, 0.3) is 17.1 Å². The third-order valence-electron chi connectivity index (χ3n) is 7.48. The van der Waals surface area contributed by atoms with Gasteiger partial charge in [-0.05, 0) is 37.5 Å². The minimum Gasteiger partial charge on any atom is -0.389 e. The van der Waals surface area contributed by atoms with Gasteiger partial charge in [-0.15, -0.1) is 0 Å². The molecule has 0 bridgehead atoms. The van der Waals surface area contributed by atoms with E-state index in [4.69, 9.17) is 11.6 Å². The van der Waals surface area contributed by atoms with E-state index in [0.717, 1.165) is 27.7 Å². The van der Waals surface area contributed by atoms with Gasteiger partial charge >= 0.3 is 6.18 Å². The zero-order chi connectivity index (χ0) is 31.3. The maximum absolute atomic E-state index is 15.3. The Bertz CT molecular complexity index is 1600. The van der Waals surface area contributed by atoms with Gasteiger partial charge in [-0.3, -0.25) is 4.90 Å². The molecule has 2 aliphatic rings. The van der Waals surface area contributed by atoms with Crippen molar-refractivity contribution in [1.29, 1.82) is 0 Å². The summed E-state index contributed by atoms with van der Waals surface area (Å²) in [7, 11) is -3.61. The lowest BCUT2D eigenvalue weighted by Gasteiger charge is -2.33. The number of aliphatic hydroxyl groups is 1. The Morgan fingerprint density at radius 1 is 1.23 bits per heavy atom. The second-order valence-electron chi connectivity index (χ2n) is 11.2. The molecule has 0 spiro atoms. The van der Waals surface area contributed by atoms with Gasteiger partial charge in [0.1, 0.15) is 41.0 Å². The van der Waals surface area contributed by atoms with E-state index in [2.05, 4.69) is 20.3 Å². The molecule has 1 unspecified atom stereocenters. The van der Waals surface area contributed by atoms with Crippen LogP contribution in [0.4, 0.5) is 27.9 Å². The number of halogens is 6. The largest absolute Gasteiger partial charge is 0.420 e. The summed E-state index contributed by atoms with van der Waals surface area (Å²) < 4.78 is 97.3. The zero-order valence-corrected chi connectivity index (χ0v) is 24.7. The van der Waals surface area contributed by atoms with Crippen molar-refractivity contribution in [3.05, 3.63) is 52.8 Å². The van der Waals surface area contributed by atoms with Crippen LogP contribution in [0.3, 0.4) is 0 Å². The number of anilines is 1. The van der Waals surface area contributed by atoms with Crippen molar-refractivity contribution < 1.29 is 35.5 Å². The molecular formula is C26H29ClF5N7O3S. The van der Waals surface area contributed by atoms with Gasteiger partial charge in [-0.25, -0.2) is 32.2 Å². The number of hydrogen-bond acceptors (Lipinski definition) is 8. The van der Waals surface area contributed by atoms with Crippen molar-refractivity contribution in [2.24, 2.45) is 0 Å². The quantitative estimate of drug-likeness (QED) is 0.371. The Hall–Kier alpha value is -2.92. The van der Waals surface area contributed by atoms with Gasteiger partial charge in [-0.1, -0.05) is 11.6 Å². The lowest BCUT2D eigenvalue weighted by Crippen LogP contribution is -2.49. The van der Waals surface area contributed by atoms with Crippen LogP contribution >= 0.6 is 11.6 Å². The molecule has 0 radical (unpaired) electrons. The monoisotopic (exact) mass is 649 g/mol. The number of rotatable bonds is 7. The van der Waals surface area contributed by atoms with Crippen LogP contribution in [-0.4, -0.2) is 92.5 Å². The minimum atomic E-state index is -4.87. The maximum Gasteiger partial charge on any atom is 0.420 e. The smallest absolute Gasteiger partial charge is 0.389 e. The van der Waals surface area contributed by atoms with Crippen molar-refractivity contribution in [3.8, 4) is 17.1 Å². The molecule has 1 aromatic carbocycles. The molecular weight excluding hydrogens is 621 g/mol. The fraction of sp³-hybridized carbons (Fsp3) is 0.500. The number of piperidine rings is 1. The summed E-state index contributed by atoms with van der Waals surface area (Å²) in [4.78, 5) is 13.7. The number of alkyl halides is 4. The van der Waals surface area contributed by atoms with Crippen molar-refractivity contribution in [1.82, 2.24) is 28.7 Å². The Balaban J connectivity index is 1.40. The third kappa shape index (κ3) is 7.09. The highest BCUT2D eigenvalue weighted by molar-refractivity contribution is 7.88. The molecule has 17 heteroatoms. The zero-order valence-electron chi connectivity index (χ0n) is 23.1. The standard InChI is InChI=1S/C26H29ClF5N7O3S/c1-25(40)4-6-37(13-25)10-15-7-17(27)23(18(28)8-15)38-12-21(34-14-38)22-16(26(30,31)32)9-33-24(36-22)35-20-3-5-39(11-19(20)29)43(2,41)42/h7-9,12,14,19-20,40H,3-6,10-11,13H2,1-2H3,(H,33,35,36)/t19-,20-,25?/m1/s1. The summed E-state index contributed by atoms with van der Waals surface area (Å²) in [6, 6.07) is 1.87. The molecule has 2 aliphatic heterocycles. The first-order chi connectivity index (χ1) is 20.0. The fourth-order valence-electron chi connectivity index (χ4n) is 5.32. The minimum absolute atomic E-state index is 0.000388. The van der Waals surface area contributed by atoms with Gasteiger partial charge in [0, 0.05) is 45.1 Å². The Morgan fingerprint density at radius 2 is 1.98 bits per heavy atom. The number of likely N-dealkylation sites (tertiary alicyclic amines) is 1. The molecule has 2 saturated heterocycles. The first kappa shape index (κ1) is 31.5. The van der Waals surface area contributed by atoms with Crippen molar-refractivity contribution in [2.75, 3.05) is 37.8 Å². The second-order valence-corrected chi connectivity index (χ2v) is 13.6. The van der Waals surface area contributed by atoms with Crippen LogP contribution in [0.1, 0.15) is 30.9 Å². The molecule has 2 N–H and O–H groups in total. The topological polar surface area (TPSA) is 116 Å². The molecule has 43 heavy (non-hydrogen) atoms. The summed E-state index contributed by atoms with van der Waals surface area (Å²) in [6.45, 7) is 2.71. The number of β-amino-alcohol motifs (C(OH)–C–C–N with tert-alkyl or cyclic N) is 1. The highest BCUT2D eigenvalue weighted by Gasteiger charge is 2.38. The first-order valence-corrected chi connectivity index (χ1v) is 15.5. The molecule has 4 heterocycles. The van der Waals surface area contributed by atoms with Crippen LogP contribution in [0.2, 0.25) is 5.02 Å². The Labute approximate surface area is 249 Å². The lowest BCUT2D eigenvalue weighted by molar-refractivity contribution is -0.137. The molecule has 0 saturated carbocycles. The molecule has 234 valence electrons. The van der Waals surface area contributed by atoms with E-state index in [-0.39, 0.29) is 35.3 Å². The van der Waals surface area contributed by atoms with Gasteiger partial charge in [0.2, 0.25) is 16.0 Å². The molecule has 10 nitrogen and oxygen atoms in total. The molecule has 3 atom stereocenters. The SMILES string of the molecule is CC1(O)CCN(Cc2cc(F)c(-n3cnc(-c4nc(N[C@@H]5CCN(S(C)(=O)=O)C[C@H]5F)ncc4C(F)(F)F)c3)c(Cl)c2)C1. The van der Waals surface area contributed by atoms with Gasteiger partial charge < -0.3 is 15.0 Å². The van der Waals surface area contributed by atoms with Crippen LogP contribution < -0.4 is 5.32 Å². The van der Waals surface area contributed by atoms with Crippen molar-refractivity contribution in [3.63, 3.8) is 0 Å². The average Bonchev–Trinajstić information content (AvgIpc) is 3.49. The molecule has 0 aliphatic carbocycles. The number of imidazole rings is 1.